The number of hydrogen-bond donors (Lipinski definition) is 2. The van der Waals surface area contributed by atoms with E-state index in [9.17, 15) is 4.79 Å². The van der Waals surface area contributed by atoms with E-state index in [2.05, 4.69) is 35.7 Å². The van der Waals surface area contributed by atoms with Gasteiger partial charge in [0.2, 0.25) is 0 Å². The van der Waals surface area contributed by atoms with Crippen LogP contribution in [-0.4, -0.2) is 42.0 Å². The molecule has 0 saturated carbocycles. The second-order valence-electron chi connectivity index (χ2n) is 7.06. The number of imidazole rings is 1. The van der Waals surface area contributed by atoms with Crippen molar-refractivity contribution in [3.05, 3.63) is 77.2 Å². The summed E-state index contributed by atoms with van der Waals surface area (Å²) in [6.07, 6.45) is 3.01. The van der Waals surface area contributed by atoms with Crippen LogP contribution < -0.4 is 10.1 Å². The number of ether oxygens (including phenoxy) is 1. The number of hydrogen-bond acceptors (Lipinski definition) is 4. The molecule has 0 aliphatic carbocycles. The van der Waals surface area contributed by atoms with Crippen molar-refractivity contribution in [1.29, 1.82) is 0 Å². The minimum atomic E-state index is -0.312. The highest BCUT2D eigenvalue weighted by molar-refractivity contribution is 6.32. The number of rotatable bonds is 6. The molecule has 0 spiro atoms. The number of carbonyl (C=O) groups excluding carboxylic acids is 1. The van der Waals surface area contributed by atoms with Crippen molar-refractivity contribution in [2.24, 2.45) is 0 Å². The van der Waals surface area contributed by atoms with Gasteiger partial charge in [0.15, 0.2) is 5.82 Å². The average molecular weight is 441 g/mol. The number of nitrogens with zero attached hydrogens (tertiary/aromatic N) is 2. The molecule has 1 amide bonds. The maximum absolute atomic E-state index is 12.5. The largest absolute Gasteiger partial charge is 0.495 e. The summed E-state index contributed by atoms with van der Waals surface area (Å²) in [7, 11) is 5.32. The highest BCUT2D eigenvalue weighted by Crippen LogP contribution is 2.25. The van der Waals surface area contributed by atoms with Gasteiger partial charge < -0.3 is 19.9 Å². The standard InChI is InChI=1S/C21H21ClN4O2.C3H8/c1-13(23-21(27)14-9-10-19(28-4)15(22)12-14)11-18(26(2)3)20-24-16-7-5-6-8-17(16)25-20;1-3-2/h5-12H,1H2,2-4H3,(H,23,27)(H,24,25);3H2,1-2H3/b18-11-;. The molecule has 2 aromatic carbocycles. The number of aromatic nitrogens is 2. The predicted molar refractivity (Wildman–Crippen MR) is 128 cm³/mol. The third-order valence-corrected chi connectivity index (χ3v) is 4.41. The van der Waals surface area contributed by atoms with Crippen LogP contribution in [0.25, 0.3) is 16.7 Å². The van der Waals surface area contributed by atoms with Crippen molar-refractivity contribution in [1.82, 2.24) is 20.2 Å². The lowest BCUT2D eigenvalue weighted by atomic mass is 10.2. The van der Waals surface area contributed by atoms with E-state index in [1.807, 2.05) is 43.3 Å². The number of halogens is 1. The van der Waals surface area contributed by atoms with Gasteiger partial charge in [-0.05, 0) is 36.4 Å². The summed E-state index contributed by atoms with van der Waals surface area (Å²) in [5.74, 6) is 0.888. The Morgan fingerprint density at radius 2 is 1.94 bits per heavy atom. The molecule has 3 rings (SSSR count). The van der Waals surface area contributed by atoms with Crippen LogP contribution in [0.15, 0.2) is 60.8 Å². The molecule has 0 atom stereocenters. The number of fused-ring (bicyclic) bond motifs is 1. The first kappa shape index (κ1) is 24.0. The highest BCUT2D eigenvalue weighted by atomic mass is 35.5. The zero-order valence-corrected chi connectivity index (χ0v) is 19.4. The first-order valence-corrected chi connectivity index (χ1v) is 10.4. The first-order chi connectivity index (χ1) is 14.8. The lowest BCUT2D eigenvalue weighted by Gasteiger charge is -2.16. The fraction of sp³-hybridized carbons (Fsp3) is 0.250. The van der Waals surface area contributed by atoms with E-state index < -0.39 is 0 Å². The van der Waals surface area contributed by atoms with Gasteiger partial charge in [-0.15, -0.1) is 0 Å². The molecule has 0 fully saturated rings. The van der Waals surface area contributed by atoms with Crippen LogP contribution in [0.3, 0.4) is 0 Å². The van der Waals surface area contributed by atoms with E-state index >= 15 is 0 Å². The van der Waals surface area contributed by atoms with Gasteiger partial charge in [-0.25, -0.2) is 4.98 Å². The lowest BCUT2D eigenvalue weighted by Crippen LogP contribution is -2.22. The molecule has 0 aliphatic rings. The molecule has 7 heteroatoms. The molecule has 164 valence electrons. The van der Waals surface area contributed by atoms with Gasteiger partial charge in [-0.3, -0.25) is 4.79 Å². The monoisotopic (exact) mass is 440 g/mol. The Kier molecular flexibility index (Phi) is 8.70. The normalized spacial score (nSPS) is 10.8. The van der Waals surface area contributed by atoms with Crippen LogP contribution in [0.4, 0.5) is 0 Å². The molecular weight excluding hydrogens is 412 g/mol. The maximum atomic E-state index is 12.5. The van der Waals surface area contributed by atoms with Gasteiger partial charge >= 0.3 is 0 Å². The summed E-state index contributed by atoms with van der Waals surface area (Å²) in [4.78, 5) is 22.3. The number of H-pyrrole nitrogens is 1. The second kappa shape index (κ2) is 11.2. The Balaban J connectivity index is 0.00000107. The number of carbonyl (C=O) groups is 1. The van der Waals surface area contributed by atoms with Crippen molar-refractivity contribution >= 4 is 34.2 Å². The summed E-state index contributed by atoms with van der Waals surface area (Å²) in [6.45, 7) is 8.19. The maximum Gasteiger partial charge on any atom is 0.255 e. The lowest BCUT2D eigenvalue weighted by molar-refractivity contribution is 0.0967. The van der Waals surface area contributed by atoms with E-state index in [1.54, 1.807) is 24.3 Å². The van der Waals surface area contributed by atoms with E-state index in [0.717, 1.165) is 16.7 Å². The highest BCUT2D eigenvalue weighted by Gasteiger charge is 2.13. The summed E-state index contributed by atoms with van der Waals surface area (Å²) >= 11 is 6.10. The van der Waals surface area contributed by atoms with Crippen LogP contribution in [0, 0.1) is 0 Å². The van der Waals surface area contributed by atoms with E-state index in [0.29, 0.717) is 27.9 Å². The van der Waals surface area contributed by atoms with Crippen molar-refractivity contribution in [2.75, 3.05) is 21.2 Å². The quantitative estimate of drug-likeness (QED) is 0.497. The average Bonchev–Trinajstić information content (AvgIpc) is 3.16. The van der Waals surface area contributed by atoms with E-state index in [-0.39, 0.29) is 5.91 Å². The fourth-order valence-electron chi connectivity index (χ4n) is 2.71. The number of benzene rings is 2. The SMILES string of the molecule is C=C(/C=C(/c1nc2ccccc2[nH]1)N(C)C)NC(=O)c1ccc(OC)c(Cl)c1.CCC. The van der Waals surface area contributed by atoms with E-state index in [4.69, 9.17) is 16.3 Å². The number of methoxy groups -OCH3 is 1. The smallest absolute Gasteiger partial charge is 0.255 e. The van der Waals surface area contributed by atoms with Crippen molar-refractivity contribution < 1.29 is 9.53 Å². The molecule has 0 bridgehead atoms. The van der Waals surface area contributed by atoms with Crippen LogP contribution in [0.1, 0.15) is 36.5 Å². The number of para-hydroxylation sites is 2. The number of allylic oxidation sites excluding steroid dienone is 1. The molecule has 0 radical (unpaired) electrons. The molecule has 0 aliphatic heterocycles. The molecular formula is C24H29ClN4O2. The third kappa shape index (κ3) is 6.36. The number of amides is 1. The van der Waals surface area contributed by atoms with Gasteiger partial charge in [0.05, 0.1) is 28.9 Å². The molecule has 31 heavy (non-hydrogen) atoms. The third-order valence-electron chi connectivity index (χ3n) is 4.11. The van der Waals surface area contributed by atoms with Crippen LogP contribution >= 0.6 is 11.6 Å². The molecule has 6 nitrogen and oxygen atoms in total. The van der Waals surface area contributed by atoms with Crippen LogP contribution in [0.2, 0.25) is 5.02 Å². The van der Waals surface area contributed by atoms with Gasteiger partial charge in [0.1, 0.15) is 5.75 Å². The summed E-state index contributed by atoms with van der Waals surface area (Å²) in [5, 5.41) is 3.14. The van der Waals surface area contributed by atoms with Gasteiger partial charge in [0, 0.05) is 25.4 Å². The Hall–Kier alpha value is -3.25. The predicted octanol–water partition coefficient (Wildman–Crippen LogP) is 5.49. The minimum absolute atomic E-state index is 0.312. The summed E-state index contributed by atoms with van der Waals surface area (Å²) < 4.78 is 5.11. The second-order valence-corrected chi connectivity index (χ2v) is 7.47. The summed E-state index contributed by atoms with van der Waals surface area (Å²) in [6, 6.07) is 12.6. The molecule has 0 saturated heterocycles. The van der Waals surface area contributed by atoms with Gasteiger partial charge in [0.25, 0.3) is 5.91 Å². The topological polar surface area (TPSA) is 70.2 Å². The minimum Gasteiger partial charge on any atom is -0.495 e. The molecule has 2 N–H and O–H groups in total. The molecule has 1 aromatic heterocycles. The fourth-order valence-corrected chi connectivity index (χ4v) is 2.97. The zero-order valence-electron chi connectivity index (χ0n) is 18.6. The molecule has 3 aromatic rings. The summed E-state index contributed by atoms with van der Waals surface area (Å²) in [5.41, 5.74) is 3.44. The van der Waals surface area contributed by atoms with Gasteiger partial charge in [-0.2, -0.15) is 0 Å². The van der Waals surface area contributed by atoms with Gasteiger partial charge in [-0.1, -0.05) is 50.6 Å². The Labute approximate surface area is 188 Å². The van der Waals surface area contributed by atoms with Crippen molar-refractivity contribution in [2.45, 2.75) is 20.3 Å². The molecule has 0 unspecified atom stereocenters. The Morgan fingerprint density at radius 1 is 1.26 bits per heavy atom. The zero-order chi connectivity index (χ0) is 23.0. The number of aromatic amines is 1. The Bertz CT molecular complexity index is 1050. The van der Waals surface area contributed by atoms with Crippen LogP contribution in [0.5, 0.6) is 5.75 Å². The van der Waals surface area contributed by atoms with Crippen molar-refractivity contribution in [3.8, 4) is 5.75 Å². The van der Waals surface area contributed by atoms with Crippen LogP contribution in [-0.2, 0) is 0 Å². The number of nitrogens with one attached hydrogen (secondary N) is 2. The Morgan fingerprint density at radius 3 is 2.52 bits per heavy atom. The first-order valence-electron chi connectivity index (χ1n) is 9.98. The van der Waals surface area contributed by atoms with E-state index in [1.165, 1.54) is 13.5 Å². The van der Waals surface area contributed by atoms with Crippen molar-refractivity contribution in [3.63, 3.8) is 0 Å². The molecule has 1 heterocycles.